The van der Waals surface area contributed by atoms with E-state index in [1.54, 1.807) is 6.07 Å². The van der Waals surface area contributed by atoms with Crippen molar-refractivity contribution < 1.29 is 4.74 Å². The lowest BCUT2D eigenvalue weighted by Crippen LogP contribution is -2.06. The highest BCUT2D eigenvalue weighted by atomic mass is 35.5. The maximum Gasteiger partial charge on any atom is 0.0595 e. The lowest BCUT2D eigenvalue weighted by molar-refractivity contribution is 0.102. The highest BCUT2D eigenvalue weighted by Crippen LogP contribution is 2.32. The van der Waals surface area contributed by atoms with E-state index < -0.39 is 0 Å². The monoisotopic (exact) mass is 292 g/mol. The van der Waals surface area contributed by atoms with Crippen molar-refractivity contribution in [1.29, 1.82) is 0 Å². The Balaban J connectivity index is 1.89. The molecule has 1 aliphatic heterocycles. The molecule has 0 amide bonds. The summed E-state index contributed by atoms with van der Waals surface area (Å²) in [5.74, 6) is 0. The summed E-state index contributed by atoms with van der Waals surface area (Å²) in [7, 11) is 0. The quantitative estimate of drug-likeness (QED) is 0.690. The van der Waals surface area contributed by atoms with Crippen LogP contribution >= 0.6 is 34.8 Å². The molecular weight excluding hydrogens is 279 g/mol. The summed E-state index contributed by atoms with van der Waals surface area (Å²) in [4.78, 5) is 0. The second-order valence-corrected chi connectivity index (χ2v) is 5.69. The molecule has 94 valence electrons. The number of alkyl halides is 1. The third-order valence-electron chi connectivity index (χ3n) is 3.07. The third-order valence-corrected chi connectivity index (χ3v) is 4.28. The van der Waals surface area contributed by atoms with E-state index in [4.69, 9.17) is 39.5 Å². The second kappa shape index (κ2) is 6.29. The smallest absolute Gasteiger partial charge is 0.0595 e. The minimum Gasteiger partial charge on any atom is -0.378 e. The number of benzene rings is 1. The van der Waals surface area contributed by atoms with Gasteiger partial charge in [-0.05, 0) is 43.4 Å². The molecule has 2 atom stereocenters. The highest BCUT2D eigenvalue weighted by Gasteiger charge is 2.18. The molecule has 0 saturated carbocycles. The lowest BCUT2D eigenvalue weighted by Gasteiger charge is -2.13. The van der Waals surface area contributed by atoms with Crippen LogP contribution in [0.5, 0.6) is 0 Å². The summed E-state index contributed by atoms with van der Waals surface area (Å²) in [5.41, 5.74) is 1.03. The molecule has 0 bridgehead atoms. The van der Waals surface area contributed by atoms with E-state index in [1.165, 1.54) is 6.42 Å². The molecule has 1 fully saturated rings. The van der Waals surface area contributed by atoms with Gasteiger partial charge in [-0.15, -0.1) is 11.6 Å². The zero-order valence-corrected chi connectivity index (χ0v) is 11.7. The average molecular weight is 294 g/mol. The molecule has 0 N–H and O–H groups in total. The molecular formula is C13H15Cl3O. The van der Waals surface area contributed by atoms with Crippen LogP contribution in [0.1, 0.15) is 36.6 Å². The van der Waals surface area contributed by atoms with Gasteiger partial charge < -0.3 is 4.74 Å². The van der Waals surface area contributed by atoms with Gasteiger partial charge in [0, 0.05) is 6.61 Å². The van der Waals surface area contributed by atoms with Crippen LogP contribution in [-0.4, -0.2) is 12.7 Å². The zero-order valence-electron chi connectivity index (χ0n) is 9.46. The number of hydrogen-bond acceptors (Lipinski definition) is 1. The fraction of sp³-hybridized carbons (Fsp3) is 0.538. The van der Waals surface area contributed by atoms with Crippen LogP contribution in [0.3, 0.4) is 0 Å². The zero-order chi connectivity index (χ0) is 12.3. The SMILES string of the molecule is Clc1ccc(C(Cl)CCC2CCCO2)cc1Cl. The van der Waals surface area contributed by atoms with Gasteiger partial charge in [0.15, 0.2) is 0 Å². The van der Waals surface area contributed by atoms with Crippen LogP contribution in [-0.2, 0) is 4.74 Å². The fourth-order valence-corrected chi connectivity index (χ4v) is 2.65. The van der Waals surface area contributed by atoms with Crippen LogP contribution in [0, 0.1) is 0 Å². The van der Waals surface area contributed by atoms with Gasteiger partial charge in [0.05, 0.1) is 21.5 Å². The fourth-order valence-electron chi connectivity index (χ4n) is 2.08. The first-order valence-electron chi connectivity index (χ1n) is 5.87. The maximum absolute atomic E-state index is 6.35. The van der Waals surface area contributed by atoms with E-state index in [0.717, 1.165) is 31.4 Å². The van der Waals surface area contributed by atoms with E-state index in [1.807, 2.05) is 12.1 Å². The molecule has 0 spiro atoms. The predicted molar refractivity (Wildman–Crippen MR) is 73.3 cm³/mol. The Hall–Kier alpha value is 0.0500. The van der Waals surface area contributed by atoms with Crippen molar-refractivity contribution in [3.05, 3.63) is 33.8 Å². The van der Waals surface area contributed by atoms with E-state index in [2.05, 4.69) is 0 Å². The van der Waals surface area contributed by atoms with Gasteiger partial charge in [-0.3, -0.25) is 0 Å². The van der Waals surface area contributed by atoms with Crippen LogP contribution in [0.15, 0.2) is 18.2 Å². The van der Waals surface area contributed by atoms with E-state index in [0.29, 0.717) is 16.1 Å². The molecule has 1 aromatic rings. The molecule has 2 rings (SSSR count). The van der Waals surface area contributed by atoms with Gasteiger partial charge in [-0.25, -0.2) is 0 Å². The van der Waals surface area contributed by atoms with Crippen molar-refractivity contribution >= 4 is 34.8 Å². The molecule has 1 aromatic carbocycles. The summed E-state index contributed by atoms with van der Waals surface area (Å²) < 4.78 is 5.58. The minimum atomic E-state index is -0.0195. The van der Waals surface area contributed by atoms with Crippen LogP contribution < -0.4 is 0 Å². The van der Waals surface area contributed by atoms with E-state index in [9.17, 15) is 0 Å². The number of ether oxygens (including phenoxy) is 1. The Morgan fingerprint density at radius 3 is 2.76 bits per heavy atom. The summed E-state index contributed by atoms with van der Waals surface area (Å²) in [5, 5.41) is 1.11. The van der Waals surface area contributed by atoms with Gasteiger partial charge in [-0.1, -0.05) is 29.3 Å². The maximum atomic E-state index is 6.35. The largest absolute Gasteiger partial charge is 0.378 e. The summed E-state index contributed by atoms with van der Waals surface area (Å²) in [6, 6.07) is 5.57. The first kappa shape index (κ1) is 13.5. The molecule has 2 unspecified atom stereocenters. The number of hydrogen-bond donors (Lipinski definition) is 0. The standard InChI is InChI=1S/C13H15Cl3O/c14-11(6-4-10-2-1-7-17-10)9-3-5-12(15)13(16)8-9/h3,5,8,10-11H,1-2,4,6-7H2. The van der Waals surface area contributed by atoms with Gasteiger partial charge in [0.25, 0.3) is 0 Å². The molecule has 0 aromatic heterocycles. The Morgan fingerprint density at radius 1 is 1.29 bits per heavy atom. The van der Waals surface area contributed by atoms with Crippen LogP contribution in [0.25, 0.3) is 0 Å². The topological polar surface area (TPSA) is 9.23 Å². The first-order valence-corrected chi connectivity index (χ1v) is 7.06. The van der Waals surface area contributed by atoms with Crippen molar-refractivity contribution in [2.24, 2.45) is 0 Å². The lowest BCUT2D eigenvalue weighted by atomic mass is 10.0. The molecule has 1 nitrogen and oxygen atoms in total. The van der Waals surface area contributed by atoms with Crippen LogP contribution in [0.4, 0.5) is 0 Å². The predicted octanol–water partition coefficient (Wildman–Crippen LogP) is 5.23. The summed E-state index contributed by atoms with van der Waals surface area (Å²) >= 11 is 18.2. The number of rotatable bonds is 4. The highest BCUT2D eigenvalue weighted by molar-refractivity contribution is 6.42. The van der Waals surface area contributed by atoms with E-state index >= 15 is 0 Å². The van der Waals surface area contributed by atoms with Crippen molar-refractivity contribution in [3.63, 3.8) is 0 Å². The molecule has 0 aliphatic carbocycles. The van der Waals surface area contributed by atoms with Gasteiger partial charge in [0.1, 0.15) is 0 Å². The number of halogens is 3. The molecule has 0 radical (unpaired) electrons. The molecule has 17 heavy (non-hydrogen) atoms. The molecule has 1 heterocycles. The minimum absolute atomic E-state index is 0.0195. The van der Waals surface area contributed by atoms with Crippen molar-refractivity contribution in [3.8, 4) is 0 Å². The normalized spacial score (nSPS) is 21.7. The van der Waals surface area contributed by atoms with Crippen LogP contribution in [0.2, 0.25) is 10.0 Å². The van der Waals surface area contributed by atoms with Gasteiger partial charge in [-0.2, -0.15) is 0 Å². The first-order chi connectivity index (χ1) is 8.16. The molecule has 1 aliphatic rings. The Morgan fingerprint density at radius 2 is 2.12 bits per heavy atom. The Kier molecular flexibility index (Phi) is 4.98. The Bertz CT molecular complexity index is 375. The summed E-state index contributed by atoms with van der Waals surface area (Å²) in [6.45, 7) is 0.893. The molecule has 4 heteroatoms. The Labute approximate surface area is 117 Å². The summed E-state index contributed by atoms with van der Waals surface area (Å²) in [6.07, 6.45) is 4.63. The van der Waals surface area contributed by atoms with Crippen molar-refractivity contribution in [2.75, 3.05) is 6.61 Å². The third kappa shape index (κ3) is 3.75. The van der Waals surface area contributed by atoms with E-state index in [-0.39, 0.29) is 5.38 Å². The average Bonchev–Trinajstić information content (AvgIpc) is 2.82. The molecule has 1 saturated heterocycles. The van der Waals surface area contributed by atoms with Crippen molar-refractivity contribution in [2.45, 2.75) is 37.2 Å². The van der Waals surface area contributed by atoms with Gasteiger partial charge >= 0.3 is 0 Å². The second-order valence-electron chi connectivity index (χ2n) is 4.35. The van der Waals surface area contributed by atoms with Crippen molar-refractivity contribution in [1.82, 2.24) is 0 Å². The van der Waals surface area contributed by atoms with Gasteiger partial charge in [0.2, 0.25) is 0 Å².